The Morgan fingerprint density at radius 3 is 2.26 bits per heavy atom. The van der Waals surface area contributed by atoms with Crippen LogP contribution < -0.4 is 0 Å². The number of benzene rings is 2. The second-order valence-corrected chi connectivity index (χ2v) is 5.38. The number of ether oxygens (including phenoxy) is 1. The molecule has 1 heterocycles. The van der Waals surface area contributed by atoms with Crippen LogP contribution in [0.15, 0.2) is 35.2 Å². The van der Waals surface area contributed by atoms with Gasteiger partial charge in [0.05, 0.1) is 11.1 Å². The zero-order chi connectivity index (χ0) is 13.8. The number of rotatable bonds is 1. The molecule has 2 aromatic carbocycles. The molecule has 7 heteroatoms. The fourth-order valence-corrected chi connectivity index (χ4v) is 2.85. The number of esters is 2. The summed E-state index contributed by atoms with van der Waals surface area (Å²) in [5.74, 6) is -1.74. The van der Waals surface area contributed by atoms with Crippen LogP contribution in [0.3, 0.4) is 0 Å². The lowest BCUT2D eigenvalue weighted by molar-refractivity contribution is 0.0444. The highest BCUT2D eigenvalue weighted by molar-refractivity contribution is 7.86. The second-order valence-electron chi connectivity index (χ2n) is 3.99. The zero-order valence-corrected chi connectivity index (χ0v) is 10.1. The van der Waals surface area contributed by atoms with E-state index in [4.69, 9.17) is 0 Å². The third-order valence-electron chi connectivity index (χ3n) is 2.89. The van der Waals surface area contributed by atoms with Gasteiger partial charge in [-0.3, -0.25) is 4.55 Å². The molecule has 0 aliphatic carbocycles. The second kappa shape index (κ2) is 3.62. The highest BCUT2D eigenvalue weighted by Crippen LogP contribution is 2.33. The summed E-state index contributed by atoms with van der Waals surface area (Å²) in [5, 5.41) is 0.416. The average Bonchev–Trinajstić information content (AvgIpc) is 2.63. The van der Waals surface area contributed by atoms with Crippen molar-refractivity contribution >= 4 is 32.8 Å². The van der Waals surface area contributed by atoms with Crippen molar-refractivity contribution < 1.29 is 27.3 Å². The Balaban J connectivity index is 2.57. The molecule has 0 spiro atoms. The van der Waals surface area contributed by atoms with E-state index in [1.807, 2.05) is 0 Å². The summed E-state index contributed by atoms with van der Waals surface area (Å²) in [6, 6.07) is 7.04. The standard InChI is InChI=1S/C12H6O6S/c13-11-8-5-9(19(15,16)17)6-3-1-2-4-7(6)10(8)12(14)18-11/h1-5H,(H,15,16,17). The number of carbonyl (C=O) groups is 2. The lowest BCUT2D eigenvalue weighted by Gasteiger charge is -2.06. The molecule has 0 saturated heterocycles. The zero-order valence-electron chi connectivity index (χ0n) is 9.28. The van der Waals surface area contributed by atoms with Crippen LogP contribution in [0.4, 0.5) is 0 Å². The van der Waals surface area contributed by atoms with Gasteiger partial charge in [-0.1, -0.05) is 24.3 Å². The van der Waals surface area contributed by atoms with E-state index in [0.29, 0.717) is 0 Å². The van der Waals surface area contributed by atoms with Crippen molar-refractivity contribution in [3.05, 3.63) is 41.5 Å². The van der Waals surface area contributed by atoms with Gasteiger partial charge in [-0.2, -0.15) is 8.42 Å². The first-order valence-electron chi connectivity index (χ1n) is 5.19. The van der Waals surface area contributed by atoms with Gasteiger partial charge in [0.15, 0.2) is 0 Å². The highest BCUT2D eigenvalue weighted by Gasteiger charge is 2.34. The van der Waals surface area contributed by atoms with E-state index in [2.05, 4.69) is 4.74 Å². The van der Waals surface area contributed by atoms with Crippen LogP contribution in [0.2, 0.25) is 0 Å². The van der Waals surface area contributed by atoms with Gasteiger partial charge in [-0.25, -0.2) is 9.59 Å². The largest absolute Gasteiger partial charge is 0.386 e. The molecule has 0 bridgehead atoms. The van der Waals surface area contributed by atoms with Gasteiger partial charge in [0.2, 0.25) is 0 Å². The Bertz CT molecular complexity index is 850. The van der Waals surface area contributed by atoms with Gasteiger partial charge in [0.25, 0.3) is 10.1 Å². The van der Waals surface area contributed by atoms with Crippen molar-refractivity contribution in [3.8, 4) is 0 Å². The number of hydrogen-bond donors (Lipinski definition) is 1. The smallest absolute Gasteiger partial charge is 0.347 e. The Morgan fingerprint density at radius 2 is 1.63 bits per heavy atom. The third-order valence-corrected chi connectivity index (χ3v) is 3.79. The maximum absolute atomic E-state index is 11.6. The summed E-state index contributed by atoms with van der Waals surface area (Å²) < 4.78 is 36.4. The maximum Gasteiger partial charge on any atom is 0.347 e. The van der Waals surface area contributed by atoms with E-state index >= 15 is 0 Å². The van der Waals surface area contributed by atoms with E-state index < -0.39 is 27.0 Å². The van der Waals surface area contributed by atoms with Crippen molar-refractivity contribution in [1.82, 2.24) is 0 Å². The topological polar surface area (TPSA) is 97.7 Å². The maximum atomic E-state index is 11.6. The summed E-state index contributed by atoms with van der Waals surface area (Å²) >= 11 is 0. The van der Waals surface area contributed by atoms with E-state index in [1.54, 1.807) is 12.1 Å². The van der Waals surface area contributed by atoms with Crippen LogP contribution in [-0.2, 0) is 14.9 Å². The molecule has 0 unspecified atom stereocenters. The molecule has 0 saturated carbocycles. The van der Waals surface area contributed by atoms with Crippen LogP contribution in [0.1, 0.15) is 20.7 Å². The number of carbonyl (C=O) groups excluding carboxylic acids is 2. The summed E-state index contributed by atoms with van der Waals surface area (Å²) in [7, 11) is -4.51. The predicted octanol–water partition coefficient (Wildman–Crippen LogP) is 1.40. The first-order chi connectivity index (χ1) is 8.89. The van der Waals surface area contributed by atoms with Gasteiger partial charge in [0.1, 0.15) is 4.90 Å². The molecule has 1 aliphatic rings. The Kier molecular flexibility index (Phi) is 2.25. The van der Waals surface area contributed by atoms with Gasteiger partial charge < -0.3 is 4.74 Å². The molecule has 1 N–H and O–H groups in total. The number of cyclic esters (lactones) is 2. The molecule has 1 aliphatic heterocycles. The van der Waals surface area contributed by atoms with Crippen molar-refractivity contribution in [2.45, 2.75) is 4.90 Å². The number of fused-ring (bicyclic) bond motifs is 3. The molecule has 0 amide bonds. The lowest BCUT2D eigenvalue weighted by atomic mass is 10.0. The Morgan fingerprint density at radius 1 is 1.00 bits per heavy atom. The normalized spacial score (nSPS) is 14.6. The minimum absolute atomic E-state index is 0.0213. The summed E-state index contributed by atoms with van der Waals surface area (Å²) in [4.78, 5) is 22.7. The molecule has 6 nitrogen and oxygen atoms in total. The first-order valence-corrected chi connectivity index (χ1v) is 6.63. The molecule has 2 aromatic rings. The van der Waals surface area contributed by atoms with E-state index in [-0.39, 0.29) is 21.9 Å². The predicted molar refractivity (Wildman–Crippen MR) is 63.5 cm³/mol. The van der Waals surface area contributed by atoms with Crippen LogP contribution in [0.5, 0.6) is 0 Å². The quantitative estimate of drug-likeness (QED) is 0.481. The van der Waals surface area contributed by atoms with Crippen LogP contribution in [-0.4, -0.2) is 24.9 Å². The van der Waals surface area contributed by atoms with Crippen molar-refractivity contribution in [2.24, 2.45) is 0 Å². The van der Waals surface area contributed by atoms with Gasteiger partial charge in [-0.15, -0.1) is 0 Å². The van der Waals surface area contributed by atoms with Gasteiger partial charge in [0, 0.05) is 5.39 Å². The molecule has 0 atom stereocenters. The summed E-state index contributed by atoms with van der Waals surface area (Å²) in [6.07, 6.45) is 0. The third kappa shape index (κ3) is 1.63. The monoisotopic (exact) mass is 278 g/mol. The SMILES string of the molecule is O=C1OC(=O)c2c1cc(S(=O)(=O)O)c1ccccc21. The Hall–Kier alpha value is -2.25. The van der Waals surface area contributed by atoms with E-state index in [0.717, 1.165) is 6.07 Å². The molecule has 19 heavy (non-hydrogen) atoms. The van der Waals surface area contributed by atoms with Crippen molar-refractivity contribution in [2.75, 3.05) is 0 Å². The molecular formula is C12H6O6S. The molecule has 0 aromatic heterocycles. The minimum Gasteiger partial charge on any atom is -0.386 e. The molecular weight excluding hydrogens is 272 g/mol. The summed E-state index contributed by atoms with van der Waals surface area (Å²) in [6.45, 7) is 0. The summed E-state index contributed by atoms with van der Waals surface area (Å²) in [5.41, 5.74) is -0.135. The molecule has 0 radical (unpaired) electrons. The van der Waals surface area contributed by atoms with Crippen molar-refractivity contribution in [1.29, 1.82) is 0 Å². The lowest BCUT2D eigenvalue weighted by Crippen LogP contribution is -2.03. The molecule has 0 fully saturated rings. The first kappa shape index (κ1) is 11.8. The minimum atomic E-state index is -4.51. The van der Waals surface area contributed by atoms with Crippen LogP contribution >= 0.6 is 0 Å². The number of hydrogen-bond acceptors (Lipinski definition) is 5. The fourth-order valence-electron chi connectivity index (χ4n) is 2.13. The average molecular weight is 278 g/mol. The van der Waals surface area contributed by atoms with Crippen LogP contribution in [0, 0.1) is 0 Å². The molecule has 3 rings (SSSR count). The van der Waals surface area contributed by atoms with Gasteiger partial charge in [-0.05, 0) is 11.5 Å². The van der Waals surface area contributed by atoms with Gasteiger partial charge >= 0.3 is 11.9 Å². The fraction of sp³-hybridized carbons (Fsp3) is 0. The Labute approximate surface area is 107 Å². The van der Waals surface area contributed by atoms with Crippen LogP contribution in [0.25, 0.3) is 10.8 Å². The molecule has 96 valence electrons. The van der Waals surface area contributed by atoms with E-state index in [9.17, 15) is 22.6 Å². The van der Waals surface area contributed by atoms with E-state index in [1.165, 1.54) is 12.1 Å². The van der Waals surface area contributed by atoms with Crippen molar-refractivity contribution in [3.63, 3.8) is 0 Å². The highest BCUT2D eigenvalue weighted by atomic mass is 32.2.